The molecule has 0 aromatic rings. The lowest BCUT2D eigenvalue weighted by Gasteiger charge is -2.50. The lowest BCUT2D eigenvalue weighted by atomic mass is 9.69. The van der Waals surface area contributed by atoms with Gasteiger partial charge in [-0.25, -0.2) is 0 Å². The van der Waals surface area contributed by atoms with E-state index in [1.165, 1.54) is 0 Å². The van der Waals surface area contributed by atoms with Crippen molar-refractivity contribution in [3.05, 3.63) is 0 Å². The first-order valence-corrected chi connectivity index (χ1v) is 8.11. The van der Waals surface area contributed by atoms with Crippen molar-refractivity contribution in [2.75, 3.05) is 19.8 Å². The van der Waals surface area contributed by atoms with Crippen LogP contribution in [0.4, 0.5) is 0 Å². The van der Waals surface area contributed by atoms with Gasteiger partial charge in [-0.15, -0.1) is 0 Å². The van der Waals surface area contributed by atoms with Crippen molar-refractivity contribution < 1.29 is 19.3 Å². The molecule has 3 atom stereocenters. The van der Waals surface area contributed by atoms with E-state index in [1.807, 2.05) is 0 Å². The largest absolute Gasteiger partial charge is 0.389 e. The highest BCUT2D eigenvalue weighted by Crippen LogP contribution is 2.45. The highest BCUT2D eigenvalue weighted by Gasteiger charge is 2.49. The predicted molar refractivity (Wildman–Crippen MR) is 75.7 cm³/mol. The molecule has 1 N–H and O–H groups in total. The van der Waals surface area contributed by atoms with Crippen molar-refractivity contribution in [3.8, 4) is 0 Å². The van der Waals surface area contributed by atoms with Crippen LogP contribution in [-0.4, -0.2) is 48.3 Å². The Kier molecular flexibility index (Phi) is 4.10. The molecule has 0 aromatic heterocycles. The summed E-state index contributed by atoms with van der Waals surface area (Å²) in [6.07, 6.45) is 5.71. The molecule has 3 aliphatic rings. The summed E-state index contributed by atoms with van der Waals surface area (Å²) in [5, 5.41) is 11.2. The van der Waals surface area contributed by atoms with Crippen molar-refractivity contribution in [2.45, 2.75) is 75.8 Å². The second kappa shape index (κ2) is 5.56. The van der Waals surface area contributed by atoms with Crippen molar-refractivity contribution in [2.24, 2.45) is 5.92 Å². The third-order valence-corrected chi connectivity index (χ3v) is 5.40. The van der Waals surface area contributed by atoms with Crippen LogP contribution in [0.2, 0.25) is 0 Å². The zero-order valence-electron chi connectivity index (χ0n) is 12.8. The minimum absolute atomic E-state index is 0.0400. The van der Waals surface area contributed by atoms with Crippen LogP contribution in [0.3, 0.4) is 0 Å². The third kappa shape index (κ3) is 2.89. The maximum absolute atomic E-state index is 11.2. The van der Waals surface area contributed by atoms with Gasteiger partial charge in [-0.2, -0.15) is 0 Å². The first-order chi connectivity index (χ1) is 9.51. The Hall–Kier alpha value is -0.160. The molecule has 0 bridgehead atoms. The summed E-state index contributed by atoms with van der Waals surface area (Å²) in [6.45, 7) is 6.51. The molecule has 3 fully saturated rings. The molecule has 0 radical (unpaired) electrons. The fourth-order valence-corrected chi connectivity index (χ4v) is 4.48. The molecule has 4 heteroatoms. The molecule has 3 heterocycles. The lowest BCUT2D eigenvalue weighted by Crippen LogP contribution is -2.54. The van der Waals surface area contributed by atoms with Crippen LogP contribution in [0.1, 0.15) is 52.4 Å². The van der Waals surface area contributed by atoms with Crippen LogP contribution in [-0.2, 0) is 14.2 Å². The smallest absolute Gasteiger partial charge is 0.0730 e. The molecule has 3 saturated heterocycles. The van der Waals surface area contributed by atoms with Gasteiger partial charge in [0, 0.05) is 32.7 Å². The Bertz CT molecular complexity index is 322. The standard InChI is InChI=1S/C16H28O4/c1-12-9-16(17,10-13(2)20-12)14-3-6-19-15(11-14)4-7-18-8-5-15/h12-14,17H,3-11H2,1-2H3. The molecule has 0 saturated carbocycles. The van der Waals surface area contributed by atoms with Gasteiger partial charge in [0.05, 0.1) is 23.4 Å². The molecule has 3 aliphatic heterocycles. The topological polar surface area (TPSA) is 47.9 Å². The minimum atomic E-state index is -0.577. The maximum atomic E-state index is 11.2. The van der Waals surface area contributed by atoms with Gasteiger partial charge in [0.15, 0.2) is 0 Å². The maximum Gasteiger partial charge on any atom is 0.0730 e. The van der Waals surface area contributed by atoms with E-state index >= 15 is 0 Å². The lowest BCUT2D eigenvalue weighted by molar-refractivity contribution is -0.206. The summed E-state index contributed by atoms with van der Waals surface area (Å²) >= 11 is 0. The molecule has 4 nitrogen and oxygen atoms in total. The van der Waals surface area contributed by atoms with E-state index in [1.54, 1.807) is 0 Å². The van der Waals surface area contributed by atoms with Gasteiger partial charge in [0.25, 0.3) is 0 Å². The minimum Gasteiger partial charge on any atom is -0.389 e. The zero-order chi connectivity index (χ0) is 14.2. The van der Waals surface area contributed by atoms with Crippen molar-refractivity contribution in [1.82, 2.24) is 0 Å². The zero-order valence-corrected chi connectivity index (χ0v) is 12.8. The normalized spacial score (nSPS) is 45.5. The van der Waals surface area contributed by atoms with E-state index in [4.69, 9.17) is 14.2 Å². The van der Waals surface area contributed by atoms with Gasteiger partial charge in [-0.3, -0.25) is 0 Å². The Morgan fingerprint density at radius 1 is 0.950 bits per heavy atom. The van der Waals surface area contributed by atoms with Gasteiger partial charge in [-0.05, 0) is 45.4 Å². The second-order valence-corrected chi connectivity index (χ2v) is 7.10. The molecule has 1 spiro atoms. The number of aliphatic hydroxyl groups is 1. The molecule has 3 unspecified atom stereocenters. The molecular formula is C16H28O4. The van der Waals surface area contributed by atoms with Crippen molar-refractivity contribution in [3.63, 3.8) is 0 Å². The highest BCUT2D eigenvalue weighted by molar-refractivity contribution is 4.99. The summed E-state index contributed by atoms with van der Waals surface area (Å²) < 4.78 is 17.4. The van der Waals surface area contributed by atoms with E-state index in [-0.39, 0.29) is 17.8 Å². The fourth-order valence-electron chi connectivity index (χ4n) is 4.48. The number of rotatable bonds is 1. The molecule has 0 aliphatic carbocycles. The molecular weight excluding hydrogens is 256 g/mol. The predicted octanol–water partition coefficient (Wildman–Crippen LogP) is 2.28. The summed E-state index contributed by atoms with van der Waals surface area (Å²) in [4.78, 5) is 0. The van der Waals surface area contributed by atoms with Gasteiger partial charge in [-0.1, -0.05) is 0 Å². The van der Waals surface area contributed by atoms with Gasteiger partial charge in [0.1, 0.15) is 0 Å². The fraction of sp³-hybridized carbons (Fsp3) is 1.00. The van der Waals surface area contributed by atoms with Crippen molar-refractivity contribution in [1.29, 1.82) is 0 Å². The van der Waals surface area contributed by atoms with E-state index in [9.17, 15) is 5.11 Å². The van der Waals surface area contributed by atoms with Gasteiger partial charge in [0.2, 0.25) is 0 Å². The van der Waals surface area contributed by atoms with Crippen LogP contribution in [0.25, 0.3) is 0 Å². The Morgan fingerprint density at radius 2 is 1.60 bits per heavy atom. The van der Waals surface area contributed by atoms with Crippen molar-refractivity contribution >= 4 is 0 Å². The molecule has 116 valence electrons. The quantitative estimate of drug-likeness (QED) is 0.802. The summed E-state index contributed by atoms with van der Waals surface area (Å²) in [5.74, 6) is 0.336. The van der Waals surface area contributed by atoms with E-state index in [0.29, 0.717) is 5.92 Å². The number of hydrogen-bond donors (Lipinski definition) is 1. The van der Waals surface area contributed by atoms with E-state index < -0.39 is 5.60 Å². The molecule has 20 heavy (non-hydrogen) atoms. The number of hydrogen-bond acceptors (Lipinski definition) is 4. The second-order valence-electron chi connectivity index (χ2n) is 7.10. The van der Waals surface area contributed by atoms with Crippen LogP contribution in [0.5, 0.6) is 0 Å². The van der Waals surface area contributed by atoms with E-state index in [2.05, 4.69) is 13.8 Å². The number of ether oxygens (including phenoxy) is 3. The van der Waals surface area contributed by atoms with Crippen LogP contribution in [0, 0.1) is 5.92 Å². The Labute approximate surface area is 121 Å². The highest BCUT2D eigenvalue weighted by atomic mass is 16.5. The third-order valence-electron chi connectivity index (χ3n) is 5.40. The summed E-state index contributed by atoms with van der Waals surface area (Å²) in [7, 11) is 0. The van der Waals surface area contributed by atoms with Crippen LogP contribution < -0.4 is 0 Å². The molecule has 3 rings (SSSR count). The molecule has 0 amide bonds. The van der Waals surface area contributed by atoms with Crippen LogP contribution in [0.15, 0.2) is 0 Å². The average molecular weight is 284 g/mol. The monoisotopic (exact) mass is 284 g/mol. The SMILES string of the molecule is CC1CC(O)(C2CCOC3(CCOCC3)C2)CC(C)O1. The van der Waals surface area contributed by atoms with Gasteiger partial charge >= 0.3 is 0 Å². The van der Waals surface area contributed by atoms with Gasteiger partial charge < -0.3 is 19.3 Å². The van der Waals surface area contributed by atoms with E-state index in [0.717, 1.165) is 58.3 Å². The average Bonchev–Trinajstić information content (AvgIpc) is 2.38. The summed E-state index contributed by atoms with van der Waals surface area (Å²) in [5.41, 5.74) is -0.617. The first kappa shape index (κ1) is 14.8. The van der Waals surface area contributed by atoms with Crippen LogP contribution >= 0.6 is 0 Å². The Balaban J connectivity index is 1.72. The summed E-state index contributed by atoms with van der Waals surface area (Å²) in [6, 6.07) is 0. The Morgan fingerprint density at radius 3 is 2.25 bits per heavy atom. The first-order valence-electron chi connectivity index (χ1n) is 8.11. The molecule has 0 aromatic carbocycles.